The highest BCUT2D eigenvalue weighted by Gasteiger charge is 2.13. The smallest absolute Gasteiger partial charge is 0.0782 e. The summed E-state index contributed by atoms with van der Waals surface area (Å²) in [7, 11) is 4.87. The summed E-state index contributed by atoms with van der Waals surface area (Å²) in [6.07, 6.45) is 26.6. The van der Waals surface area contributed by atoms with Gasteiger partial charge in [-0.2, -0.15) is 0 Å². The molecular weight excluding hydrogens is 420 g/mol. The van der Waals surface area contributed by atoms with Crippen LogP contribution in [0.3, 0.4) is 0 Å². The summed E-state index contributed by atoms with van der Waals surface area (Å²) in [5.41, 5.74) is 0. The number of unbranched alkanes of at least 4 members (excludes halogenated alkanes) is 15. The van der Waals surface area contributed by atoms with Crippen LogP contribution in [0, 0.1) is 5.92 Å². The molecule has 0 spiro atoms. The van der Waals surface area contributed by atoms with Crippen molar-refractivity contribution >= 4 is 5.97 Å². The molecule has 0 aromatic heterocycles. The lowest BCUT2D eigenvalue weighted by molar-refractivity contribution is -0.890. The fraction of sp³-hybridized carbons (Fsp3) is 0.967. The quantitative estimate of drug-likeness (QED) is 0.116. The number of hydrogen-bond acceptors (Lipinski definition) is 3. The van der Waals surface area contributed by atoms with E-state index in [1.54, 1.807) is 0 Å². The van der Waals surface area contributed by atoms with E-state index in [1.165, 1.54) is 120 Å². The van der Waals surface area contributed by atoms with Gasteiger partial charge in [0.1, 0.15) is 0 Å². The second-order valence-corrected chi connectivity index (χ2v) is 10.9. The average Bonchev–Trinajstić information content (AvgIpc) is 2.78. The number of carbonyl (C=O) groups excluding carboxylic acids is 1. The predicted octanol–water partition coefficient (Wildman–Crippen LogP) is 8.46. The Bertz CT molecular complexity index is 377. The van der Waals surface area contributed by atoms with Crippen LogP contribution in [0.5, 0.6) is 0 Å². The first-order valence-corrected chi connectivity index (χ1v) is 14.9. The first-order chi connectivity index (χ1) is 15.8. The Balaban J connectivity index is -0.000000736. The Labute approximate surface area is 215 Å². The molecule has 1 unspecified atom stereocenters. The number of nitrogens with zero attached hydrogens (tertiary/aromatic N) is 1. The second-order valence-electron chi connectivity index (χ2n) is 10.9. The molecule has 0 heterocycles. The molecule has 0 bridgehead atoms. The minimum Gasteiger partial charge on any atom is -0.550 e. The monoisotopic (exact) mass is 487 g/mol. The Morgan fingerprint density at radius 2 is 0.912 bits per heavy atom. The maximum absolute atomic E-state index is 10.3. The fourth-order valence-electron chi connectivity index (χ4n) is 4.40. The van der Waals surface area contributed by atoms with Crippen molar-refractivity contribution in [3.8, 4) is 0 Å². The molecule has 0 rings (SSSR count). The largest absolute Gasteiger partial charge is 0.550 e. The third-order valence-corrected chi connectivity index (χ3v) is 6.97. The van der Waals surface area contributed by atoms with Crippen LogP contribution in [0.2, 0.25) is 0 Å². The molecular formula is C30H66N2O2. The van der Waals surface area contributed by atoms with Gasteiger partial charge in [-0.3, -0.25) is 0 Å². The van der Waals surface area contributed by atoms with Gasteiger partial charge in [0.05, 0.1) is 27.2 Å². The van der Waals surface area contributed by atoms with Crippen LogP contribution >= 0.6 is 0 Å². The van der Waals surface area contributed by atoms with Gasteiger partial charge in [0.2, 0.25) is 0 Å². The van der Waals surface area contributed by atoms with Crippen molar-refractivity contribution in [3.05, 3.63) is 0 Å². The highest BCUT2D eigenvalue weighted by Crippen LogP contribution is 2.13. The zero-order chi connectivity index (χ0) is 25.2. The molecule has 0 aliphatic heterocycles. The number of aliphatic carboxylic acids is 1. The van der Waals surface area contributed by atoms with Crippen molar-refractivity contribution in [3.63, 3.8) is 0 Å². The van der Waals surface area contributed by atoms with E-state index in [1.807, 2.05) is 6.92 Å². The fourth-order valence-corrected chi connectivity index (χ4v) is 4.40. The molecule has 208 valence electrons. The Morgan fingerprint density at radius 1 is 0.588 bits per heavy atom. The Morgan fingerprint density at radius 3 is 1.21 bits per heavy atom. The van der Waals surface area contributed by atoms with Crippen molar-refractivity contribution in [2.75, 3.05) is 27.2 Å². The molecule has 3 N–H and O–H groups in total. The summed E-state index contributed by atoms with van der Waals surface area (Å²) in [5, 5.41) is 10.3. The zero-order valence-corrected chi connectivity index (χ0v) is 24.6. The third-order valence-electron chi connectivity index (χ3n) is 6.97. The summed E-state index contributed by atoms with van der Waals surface area (Å²) in [6.45, 7) is 11.3. The molecule has 4 nitrogen and oxygen atoms in total. The van der Waals surface area contributed by atoms with Crippen LogP contribution in [0.4, 0.5) is 0 Å². The van der Waals surface area contributed by atoms with Crippen molar-refractivity contribution in [1.82, 2.24) is 6.15 Å². The van der Waals surface area contributed by atoms with Gasteiger partial charge in [0, 0.05) is 5.97 Å². The van der Waals surface area contributed by atoms with E-state index in [2.05, 4.69) is 34.9 Å². The highest BCUT2D eigenvalue weighted by molar-refractivity contribution is 5.67. The second kappa shape index (κ2) is 28.6. The number of quaternary nitrogens is 1. The standard InChI is InChI=1S/C22H48N.C8H16O2.H3N/c1-5-7-9-11-13-15-17-19-21-23(3,4)22-20-18-16-14-12-10-8-6-2;1-3-5-6-7(4-2)8(9)10;/h5-22H2,1-4H3;7H,3-6H2,1-2H3,(H,9,10);1H3/q+1;;/p-1. The first kappa shape index (κ1) is 37.9. The number of carboxylic acids is 1. The molecule has 0 amide bonds. The molecule has 4 heteroatoms. The maximum atomic E-state index is 10.3. The van der Waals surface area contributed by atoms with E-state index in [9.17, 15) is 9.90 Å². The van der Waals surface area contributed by atoms with Crippen molar-refractivity contribution < 1.29 is 14.4 Å². The van der Waals surface area contributed by atoms with E-state index < -0.39 is 5.97 Å². The normalized spacial score (nSPS) is 11.9. The molecule has 1 atom stereocenters. The number of carbonyl (C=O) groups is 1. The molecule has 0 aliphatic rings. The summed E-state index contributed by atoms with van der Waals surface area (Å²) < 4.78 is 1.24. The van der Waals surface area contributed by atoms with Gasteiger partial charge in [-0.1, -0.05) is 118 Å². The van der Waals surface area contributed by atoms with Gasteiger partial charge in [0.15, 0.2) is 0 Å². The van der Waals surface area contributed by atoms with Crippen LogP contribution in [0.1, 0.15) is 156 Å². The average molecular weight is 487 g/mol. The molecule has 0 aromatic carbocycles. The van der Waals surface area contributed by atoms with E-state index >= 15 is 0 Å². The molecule has 0 saturated heterocycles. The predicted molar refractivity (Wildman–Crippen MR) is 150 cm³/mol. The molecule has 0 aromatic rings. The van der Waals surface area contributed by atoms with E-state index in [4.69, 9.17) is 0 Å². The molecule has 0 saturated carbocycles. The van der Waals surface area contributed by atoms with Crippen molar-refractivity contribution in [1.29, 1.82) is 0 Å². The number of carboxylic acid groups (broad SMARTS) is 1. The van der Waals surface area contributed by atoms with E-state index in [0.29, 0.717) is 6.42 Å². The molecule has 34 heavy (non-hydrogen) atoms. The topological polar surface area (TPSA) is 75.1 Å². The highest BCUT2D eigenvalue weighted by atomic mass is 16.4. The van der Waals surface area contributed by atoms with Crippen LogP contribution in [-0.4, -0.2) is 37.6 Å². The van der Waals surface area contributed by atoms with E-state index in [0.717, 1.165) is 19.3 Å². The van der Waals surface area contributed by atoms with Gasteiger partial charge < -0.3 is 20.5 Å². The van der Waals surface area contributed by atoms with Gasteiger partial charge in [-0.05, 0) is 44.4 Å². The number of rotatable bonds is 23. The minimum atomic E-state index is -0.893. The number of hydrogen-bond donors (Lipinski definition) is 1. The summed E-state index contributed by atoms with van der Waals surface area (Å²) in [5.74, 6) is -1.11. The summed E-state index contributed by atoms with van der Waals surface area (Å²) in [6, 6.07) is 0. The lowest BCUT2D eigenvalue weighted by Crippen LogP contribution is -2.41. The van der Waals surface area contributed by atoms with Crippen molar-refractivity contribution in [2.45, 2.75) is 156 Å². The lowest BCUT2D eigenvalue weighted by Gasteiger charge is -2.30. The Hall–Kier alpha value is -0.610. The SMILES string of the molecule is CCCCC(CC)C(=O)[O-].CCCCCCCCCC[N+](C)(C)CCCCCCCCCC.N. The molecule has 0 radical (unpaired) electrons. The van der Waals surface area contributed by atoms with Crippen LogP contribution in [0.15, 0.2) is 0 Å². The van der Waals surface area contributed by atoms with Crippen LogP contribution in [-0.2, 0) is 4.79 Å². The van der Waals surface area contributed by atoms with E-state index in [-0.39, 0.29) is 12.1 Å². The third kappa shape index (κ3) is 29.4. The van der Waals surface area contributed by atoms with Gasteiger partial charge in [0.25, 0.3) is 0 Å². The molecule has 0 fully saturated rings. The summed E-state index contributed by atoms with van der Waals surface area (Å²) >= 11 is 0. The van der Waals surface area contributed by atoms with Crippen LogP contribution < -0.4 is 11.3 Å². The lowest BCUT2D eigenvalue weighted by atomic mass is 10.00. The van der Waals surface area contributed by atoms with Crippen molar-refractivity contribution in [2.24, 2.45) is 5.92 Å². The zero-order valence-electron chi connectivity index (χ0n) is 24.6. The first-order valence-electron chi connectivity index (χ1n) is 14.9. The van der Waals surface area contributed by atoms with Gasteiger partial charge in [-0.25, -0.2) is 0 Å². The minimum absolute atomic E-state index is 0. The van der Waals surface area contributed by atoms with Gasteiger partial charge >= 0.3 is 0 Å². The maximum Gasteiger partial charge on any atom is 0.0782 e. The van der Waals surface area contributed by atoms with Crippen LogP contribution in [0.25, 0.3) is 0 Å². The van der Waals surface area contributed by atoms with Gasteiger partial charge in [-0.15, -0.1) is 0 Å². The Kier molecular flexibility index (Phi) is 31.9. The summed E-state index contributed by atoms with van der Waals surface area (Å²) in [4.78, 5) is 10.3. The molecule has 0 aliphatic carbocycles.